The summed E-state index contributed by atoms with van der Waals surface area (Å²) in [5.41, 5.74) is 0.557. The van der Waals surface area contributed by atoms with E-state index >= 15 is 0 Å². The van der Waals surface area contributed by atoms with E-state index in [-0.39, 0.29) is 11.8 Å². The van der Waals surface area contributed by atoms with Crippen molar-refractivity contribution in [2.45, 2.75) is 32.4 Å². The van der Waals surface area contributed by atoms with Crippen LogP contribution in [0.3, 0.4) is 0 Å². The van der Waals surface area contributed by atoms with Crippen LogP contribution in [-0.2, 0) is 9.59 Å². The summed E-state index contributed by atoms with van der Waals surface area (Å²) in [7, 11) is 0. The van der Waals surface area contributed by atoms with Crippen LogP contribution in [0.15, 0.2) is 22.7 Å². The maximum absolute atomic E-state index is 12.4. The number of carbonyl (C=O) groups is 2. The molecule has 6 heteroatoms. The van der Waals surface area contributed by atoms with E-state index in [4.69, 9.17) is 11.6 Å². The van der Waals surface area contributed by atoms with Gasteiger partial charge in [-0.25, -0.2) is 0 Å². The van der Waals surface area contributed by atoms with E-state index in [9.17, 15) is 9.59 Å². The van der Waals surface area contributed by atoms with Gasteiger partial charge in [-0.05, 0) is 31.5 Å². The lowest BCUT2D eigenvalue weighted by molar-refractivity contribution is -0.133. The molecule has 1 aromatic carbocycles. The zero-order chi connectivity index (χ0) is 14.2. The molecule has 102 valence electrons. The van der Waals surface area contributed by atoms with Crippen molar-refractivity contribution in [1.82, 2.24) is 5.32 Å². The molecule has 1 fully saturated rings. The molecule has 1 heterocycles. The van der Waals surface area contributed by atoms with Crippen LogP contribution in [0.25, 0.3) is 0 Å². The smallest absolute Gasteiger partial charge is 0.250 e. The number of amides is 2. The molecule has 19 heavy (non-hydrogen) atoms. The van der Waals surface area contributed by atoms with Crippen molar-refractivity contribution in [1.29, 1.82) is 0 Å². The highest BCUT2D eigenvalue weighted by molar-refractivity contribution is 9.10. The summed E-state index contributed by atoms with van der Waals surface area (Å²) in [5, 5.41) is 3.17. The Morgan fingerprint density at radius 3 is 2.74 bits per heavy atom. The number of nitrogens with zero attached hydrogens (tertiary/aromatic N) is 1. The van der Waals surface area contributed by atoms with Gasteiger partial charge in [0.1, 0.15) is 12.1 Å². The largest absolute Gasteiger partial charge is 0.343 e. The molecule has 0 saturated carbocycles. The van der Waals surface area contributed by atoms with E-state index < -0.39 is 12.1 Å². The number of anilines is 1. The zero-order valence-electron chi connectivity index (χ0n) is 10.6. The average Bonchev–Trinajstić information content (AvgIpc) is 2.38. The lowest BCUT2D eigenvalue weighted by Gasteiger charge is -2.37. The zero-order valence-corrected chi connectivity index (χ0v) is 13.0. The quantitative estimate of drug-likeness (QED) is 0.896. The third-order valence-corrected chi connectivity index (χ3v) is 4.01. The standard InChI is InChI=1S/C13H14BrClN2O2/c1-3-10-13(19)17(7(2)12(18)16-10)11-6-8(14)4-5-9(11)15/h4-7,10H,3H2,1-2H3,(H,16,18). The number of piperazine rings is 1. The van der Waals surface area contributed by atoms with Crippen LogP contribution in [0.5, 0.6) is 0 Å². The van der Waals surface area contributed by atoms with E-state index in [1.165, 1.54) is 4.90 Å². The van der Waals surface area contributed by atoms with Gasteiger partial charge in [0, 0.05) is 4.47 Å². The van der Waals surface area contributed by atoms with Gasteiger partial charge < -0.3 is 5.32 Å². The van der Waals surface area contributed by atoms with Crippen LogP contribution in [0.1, 0.15) is 20.3 Å². The second-order valence-electron chi connectivity index (χ2n) is 4.45. The van der Waals surface area contributed by atoms with Crippen molar-refractivity contribution in [2.75, 3.05) is 4.90 Å². The molecule has 1 aliphatic heterocycles. The number of halogens is 2. The molecule has 2 amide bonds. The second kappa shape index (κ2) is 5.51. The highest BCUT2D eigenvalue weighted by Crippen LogP contribution is 2.32. The minimum Gasteiger partial charge on any atom is -0.343 e. The fourth-order valence-corrected chi connectivity index (χ4v) is 2.66. The van der Waals surface area contributed by atoms with Gasteiger partial charge in [-0.15, -0.1) is 0 Å². The summed E-state index contributed by atoms with van der Waals surface area (Å²) in [6, 6.07) is 4.19. The third-order valence-electron chi connectivity index (χ3n) is 3.19. The molecule has 0 radical (unpaired) electrons. The van der Waals surface area contributed by atoms with Crippen molar-refractivity contribution in [3.63, 3.8) is 0 Å². The van der Waals surface area contributed by atoms with Gasteiger partial charge in [0.15, 0.2) is 0 Å². The van der Waals surface area contributed by atoms with Crippen LogP contribution in [0.2, 0.25) is 5.02 Å². The molecule has 2 unspecified atom stereocenters. The van der Waals surface area contributed by atoms with E-state index in [1.807, 2.05) is 6.92 Å². The normalized spacial score (nSPS) is 23.5. The molecule has 4 nitrogen and oxygen atoms in total. The van der Waals surface area contributed by atoms with Crippen molar-refractivity contribution in [3.05, 3.63) is 27.7 Å². The number of carbonyl (C=O) groups excluding carboxylic acids is 2. The van der Waals surface area contributed by atoms with Crippen LogP contribution >= 0.6 is 27.5 Å². The molecule has 1 N–H and O–H groups in total. The number of hydrogen-bond acceptors (Lipinski definition) is 2. The van der Waals surface area contributed by atoms with E-state index in [1.54, 1.807) is 25.1 Å². The molecule has 2 rings (SSSR count). The first-order valence-corrected chi connectivity index (χ1v) is 7.21. The predicted molar refractivity (Wildman–Crippen MR) is 78.3 cm³/mol. The van der Waals surface area contributed by atoms with E-state index in [0.717, 1.165) is 4.47 Å². The molecule has 1 saturated heterocycles. The molecular weight excluding hydrogens is 332 g/mol. The Balaban J connectivity index is 2.47. The SMILES string of the molecule is CCC1NC(=O)C(C)N(c2cc(Br)ccc2Cl)C1=O. The van der Waals surface area contributed by atoms with Crippen LogP contribution < -0.4 is 10.2 Å². The van der Waals surface area contributed by atoms with Crippen LogP contribution in [-0.4, -0.2) is 23.9 Å². The Hall–Kier alpha value is -1.07. The summed E-state index contributed by atoms with van der Waals surface area (Å²) in [6.07, 6.45) is 0.555. The Morgan fingerprint density at radius 1 is 1.42 bits per heavy atom. The summed E-state index contributed by atoms with van der Waals surface area (Å²) in [5.74, 6) is -0.294. The first-order chi connectivity index (χ1) is 8.95. The molecule has 2 atom stereocenters. The van der Waals surface area contributed by atoms with Gasteiger partial charge >= 0.3 is 0 Å². The number of hydrogen-bond donors (Lipinski definition) is 1. The summed E-state index contributed by atoms with van der Waals surface area (Å²) in [6.45, 7) is 3.55. The van der Waals surface area contributed by atoms with Crippen molar-refractivity contribution in [2.24, 2.45) is 0 Å². The fourth-order valence-electron chi connectivity index (χ4n) is 2.10. The van der Waals surface area contributed by atoms with Crippen LogP contribution in [0, 0.1) is 0 Å². The summed E-state index contributed by atoms with van der Waals surface area (Å²) >= 11 is 9.51. The average molecular weight is 346 g/mol. The van der Waals surface area contributed by atoms with Gasteiger partial charge in [-0.3, -0.25) is 14.5 Å². The fraction of sp³-hybridized carbons (Fsp3) is 0.385. The minimum atomic E-state index is -0.568. The van der Waals surface area contributed by atoms with Gasteiger partial charge in [0.2, 0.25) is 11.8 Å². The topological polar surface area (TPSA) is 49.4 Å². The Kier molecular flexibility index (Phi) is 4.16. The van der Waals surface area contributed by atoms with Gasteiger partial charge in [0.05, 0.1) is 10.7 Å². The van der Waals surface area contributed by atoms with Gasteiger partial charge in [-0.1, -0.05) is 34.5 Å². The first-order valence-electron chi connectivity index (χ1n) is 6.04. The highest BCUT2D eigenvalue weighted by atomic mass is 79.9. The van der Waals surface area contributed by atoms with E-state index in [2.05, 4.69) is 21.2 Å². The molecular formula is C13H14BrClN2O2. The summed E-state index contributed by atoms with van der Waals surface area (Å²) < 4.78 is 0.811. The molecule has 0 bridgehead atoms. The lowest BCUT2D eigenvalue weighted by atomic mass is 10.1. The highest BCUT2D eigenvalue weighted by Gasteiger charge is 2.38. The molecule has 0 spiro atoms. The van der Waals surface area contributed by atoms with Crippen molar-refractivity contribution >= 4 is 45.0 Å². The van der Waals surface area contributed by atoms with Gasteiger partial charge in [-0.2, -0.15) is 0 Å². The predicted octanol–water partition coefficient (Wildman–Crippen LogP) is 2.73. The lowest BCUT2D eigenvalue weighted by Crippen LogP contribution is -2.62. The van der Waals surface area contributed by atoms with Crippen molar-refractivity contribution in [3.8, 4) is 0 Å². The van der Waals surface area contributed by atoms with Crippen LogP contribution in [0.4, 0.5) is 5.69 Å². The molecule has 1 aromatic rings. The summed E-state index contributed by atoms with van der Waals surface area (Å²) in [4.78, 5) is 25.8. The maximum atomic E-state index is 12.4. The molecule has 1 aliphatic rings. The number of benzene rings is 1. The third kappa shape index (κ3) is 2.62. The second-order valence-corrected chi connectivity index (χ2v) is 5.77. The minimum absolute atomic E-state index is 0.130. The van der Waals surface area contributed by atoms with Crippen molar-refractivity contribution < 1.29 is 9.59 Å². The molecule has 0 aromatic heterocycles. The number of rotatable bonds is 2. The first kappa shape index (κ1) is 14.3. The monoisotopic (exact) mass is 344 g/mol. The Labute approximate surface area is 125 Å². The Morgan fingerprint density at radius 2 is 2.11 bits per heavy atom. The maximum Gasteiger partial charge on any atom is 0.250 e. The number of nitrogens with one attached hydrogen (secondary N) is 1. The Bertz CT molecular complexity index is 535. The molecule has 0 aliphatic carbocycles. The van der Waals surface area contributed by atoms with E-state index in [0.29, 0.717) is 17.1 Å². The van der Waals surface area contributed by atoms with Gasteiger partial charge in [0.25, 0.3) is 0 Å².